The van der Waals surface area contributed by atoms with Crippen LogP contribution in [0.5, 0.6) is 0 Å². The third-order valence-electron chi connectivity index (χ3n) is 5.18. The summed E-state index contributed by atoms with van der Waals surface area (Å²) >= 11 is 6.11. The molecule has 0 aromatic heterocycles. The van der Waals surface area contributed by atoms with Gasteiger partial charge in [-0.25, -0.2) is 0 Å². The Bertz CT molecular complexity index is 520. The van der Waals surface area contributed by atoms with Crippen molar-refractivity contribution in [2.75, 3.05) is 19.6 Å². The van der Waals surface area contributed by atoms with Gasteiger partial charge in [0.2, 0.25) is 5.91 Å². The number of nitrogens with one attached hydrogen (secondary N) is 1. The lowest BCUT2D eigenvalue weighted by Crippen LogP contribution is -2.46. The lowest BCUT2D eigenvalue weighted by molar-refractivity contribution is -0.123. The second-order valence-corrected chi connectivity index (χ2v) is 7.10. The third kappa shape index (κ3) is 4.02. The van der Waals surface area contributed by atoms with Crippen molar-refractivity contribution >= 4 is 17.5 Å². The molecule has 1 aliphatic heterocycles. The van der Waals surface area contributed by atoms with E-state index in [4.69, 9.17) is 11.6 Å². The average molecular weight is 321 g/mol. The average Bonchev–Trinajstić information content (AvgIpc) is 2.54. The van der Waals surface area contributed by atoms with Crippen LogP contribution in [-0.2, 0) is 11.3 Å². The van der Waals surface area contributed by atoms with Crippen molar-refractivity contribution in [1.82, 2.24) is 10.2 Å². The van der Waals surface area contributed by atoms with Crippen LogP contribution >= 0.6 is 11.6 Å². The molecule has 2 fully saturated rings. The summed E-state index contributed by atoms with van der Waals surface area (Å²) in [5, 5.41) is 3.71. The van der Waals surface area contributed by atoms with Crippen LogP contribution < -0.4 is 5.32 Å². The van der Waals surface area contributed by atoms with E-state index in [1.165, 1.54) is 32.1 Å². The first-order valence-electron chi connectivity index (χ1n) is 8.45. The van der Waals surface area contributed by atoms with Gasteiger partial charge in [0.05, 0.1) is 6.54 Å². The Morgan fingerprint density at radius 3 is 2.77 bits per heavy atom. The Morgan fingerprint density at radius 2 is 1.95 bits per heavy atom. The van der Waals surface area contributed by atoms with E-state index in [2.05, 4.69) is 10.2 Å². The van der Waals surface area contributed by atoms with Gasteiger partial charge in [0.25, 0.3) is 0 Å². The van der Waals surface area contributed by atoms with E-state index in [0.29, 0.717) is 18.1 Å². The van der Waals surface area contributed by atoms with Crippen molar-refractivity contribution in [3.8, 4) is 0 Å². The van der Waals surface area contributed by atoms with Crippen LogP contribution in [0.15, 0.2) is 24.3 Å². The van der Waals surface area contributed by atoms with E-state index in [-0.39, 0.29) is 5.91 Å². The second-order valence-electron chi connectivity index (χ2n) is 6.70. The molecule has 0 spiro atoms. The fourth-order valence-corrected chi connectivity index (χ4v) is 4.12. The van der Waals surface area contributed by atoms with Crippen LogP contribution in [0.2, 0.25) is 5.02 Å². The topological polar surface area (TPSA) is 32.3 Å². The number of piperidine rings is 1. The normalized spacial score (nSPS) is 25.5. The largest absolute Gasteiger partial charge is 0.351 e. The van der Waals surface area contributed by atoms with Crippen molar-refractivity contribution in [2.45, 2.75) is 38.6 Å². The van der Waals surface area contributed by atoms with E-state index >= 15 is 0 Å². The van der Waals surface area contributed by atoms with E-state index in [0.717, 1.165) is 30.5 Å². The molecule has 4 heteroatoms. The summed E-state index contributed by atoms with van der Waals surface area (Å²) in [6.45, 7) is 3.21. The van der Waals surface area contributed by atoms with Crippen LogP contribution in [-0.4, -0.2) is 30.4 Å². The number of fused-ring (bicyclic) bond motifs is 1. The zero-order valence-electron chi connectivity index (χ0n) is 13.1. The molecule has 1 aromatic carbocycles. The molecule has 1 saturated heterocycles. The maximum absolute atomic E-state index is 12.2. The summed E-state index contributed by atoms with van der Waals surface area (Å²) in [6.07, 6.45) is 6.79. The molecule has 1 amide bonds. The van der Waals surface area contributed by atoms with Crippen LogP contribution in [0.3, 0.4) is 0 Å². The molecule has 0 unspecified atom stereocenters. The SMILES string of the molecule is O=C(CN1CC[C@H]2CCCC[C@@H]2C1)NCc1ccccc1Cl. The first kappa shape index (κ1) is 15.8. The minimum absolute atomic E-state index is 0.106. The van der Waals surface area contributed by atoms with Crippen LogP contribution in [0.25, 0.3) is 0 Å². The van der Waals surface area contributed by atoms with Gasteiger partial charge in [-0.1, -0.05) is 49.1 Å². The molecule has 1 saturated carbocycles. The van der Waals surface area contributed by atoms with Gasteiger partial charge < -0.3 is 5.32 Å². The van der Waals surface area contributed by atoms with Crippen molar-refractivity contribution in [3.05, 3.63) is 34.9 Å². The first-order chi connectivity index (χ1) is 10.7. The van der Waals surface area contributed by atoms with Crippen LogP contribution in [0.1, 0.15) is 37.7 Å². The number of carbonyl (C=O) groups is 1. The van der Waals surface area contributed by atoms with E-state index in [1.54, 1.807) is 0 Å². The van der Waals surface area contributed by atoms with E-state index < -0.39 is 0 Å². The standard InChI is InChI=1S/C18H25ClN2O/c19-17-8-4-3-6-15(17)11-20-18(22)13-21-10-9-14-5-1-2-7-16(14)12-21/h3-4,6,8,14,16H,1-2,5,7,9-13H2,(H,20,22)/t14-,16-/m1/s1. The van der Waals surface area contributed by atoms with Gasteiger partial charge in [-0.3, -0.25) is 9.69 Å². The molecule has 1 heterocycles. The molecule has 22 heavy (non-hydrogen) atoms. The molecule has 1 aliphatic carbocycles. The zero-order chi connectivity index (χ0) is 15.4. The van der Waals surface area contributed by atoms with Gasteiger partial charge in [-0.15, -0.1) is 0 Å². The van der Waals surface area contributed by atoms with Gasteiger partial charge in [-0.2, -0.15) is 0 Å². The predicted molar refractivity (Wildman–Crippen MR) is 89.8 cm³/mol. The summed E-state index contributed by atoms with van der Waals surface area (Å²) in [7, 11) is 0. The summed E-state index contributed by atoms with van der Waals surface area (Å²) in [6, 6.07) is 7.66. The lowest BCUT2D eigenvalue weighted by atomic mass is 9.75. The maximum atomic E-state index is 12.2. The molecular formula is C18H25ClN2O. The third-order valence-corrected chi connectivity index (χ3v) is 5.55. The zero-order valence-corrected chi connectivity index (χ0v) is 13.8. The first-order valence-corrected chi connectivity index (χ1v) is 8.82. The van der Waals surface area contributed by atoms with Crippen molar-refractivity contribution in [3.63, 3.8) is 0 Å². The van der Waals surface area contributed by atoms with Crippen LogP contribution in [0, 0.1) is 11.8 Å². The fourth-order valence-electron chi connectivity index (χ4n) is 3.91. The van der Waals surface area contributed by atoms with Gasteiger partial charge in [-0.05, 0) is 42.9 Å². The number of hydrogen-bond donors (Lipinski definition) is 1. The summed E-state index contributed by atoms with van der Waals surface area (Å²) in [4.78, 5) is 14.5. The Hall–Kier alpha value is -1.06. The Labute approximate surface area is 138 Å². The maximum Gasteiger partial charge on any atom is 0.234 e. The highest BCUT2D eigenvalue weighted by Crippen LogP contribution is 2.35. The van der Waals surface area contributed by atoms with Gasteiger partial charge in [0, 0.05) is 18.1 Å². The summed E-state index contributed by atoms with van der Waals surface area (Å²) in [5.74, 6) is 1.84. The molecular weight excluding hydrogens is 296 g/mol. The number of carbonyl (C=O) groups excluding carboxylic acids is 1. The number of likely N-dealkylation sites (tertiary alicyclic amines) is 1. The molecule has 1 aromatic rings. The van der Waals surface area contributed by atoms with Gasteiger partial charge >= 0.3 is 0 Å². The monoisotopic (exact) mass is 320 g/mol. The highest BCUT2D eigenvalue weighted by Gasteiger charge is 2.31. The minimum Gasteiger partial charge on any atom is -0.351 e. The quantitative estimate of drug-likeness (QED) is 0.921. The Kier molecular flexibility index (Phi) is 5.37. The molecule has 0 radical (unpaired) electrons. The molecule has 3 nitrogen and oxygen atoms in total. The number of hydrogen-bond acceptors (Lipinski definition) is 2. The van der Waals surface area contributed by atoms with Crippen molar-refractivity contribution < 1.29 is 4.79 Å². The highest BCUT2D eigenvalue weighted by molar-refractivity contribution is 6.31. The van der Waals surface area contributed by atoms with E-state index in [9.17, 15) is 4.79 Å². The lowest BCUT2D eigenvalue weighted by Gasteiger charge is -2.41. The summed E-state index contributed by atoms with van der Waals surface area (Å²) in [5.41, 5.74) is 0.975. The second kappa shape index (κ2) is 7.47. The van der Waals surface area contributed by atoms with Gasteiger partial charge in [0.15, 0.2) is 0 Å². The highest BCUT2D eigenvalue weighted by atomic mass is 35.5. The minimum atomic E-state index is 0.106. The molecule has 2 atom stereocenters. The van der Waals surface area contributed by atoms with E-state index in [1.807, 2.05) is 24.3 Å². The number of halogens is 1. The molecule has 3 rings (SSSR count). The van der Waals surface area contributed by atoms with Gasteiger partial charge in [0.1, 0.15) is 0 Å². The number of nitrogens with zero attached hydrogens (tertiary/aromatic N) is 1. The Morgan fingerprint density at radius 1 is 1.18 bits per heavy atom. The molecule has 2 aliphatic rings. The fraction of sp³-hybridized carbons (Fsp3) is 0.611. The number of benzene rings is 1. The van der Waals surface area contributed by atoms with Crippen molar-refractivity contribution in [2.24, 2.45) is 11.8 Å². The predicted octanol–water partition coefficient (Wildman–Crippen LogP) is 3.47. The molecule has 0 bridgehead atoms. The number of rotatable bonds is 4. The molecule has 120 valence electrons. The Balaban J connectivity index is 1.45. The number of amides is 1. The molecule has 1 N–H and O–H groups in total. The smallest absolute Gasteiger partial charge is 0.234 e. The van der Waals surface area contributed by atoms with Crippen LogP contribution in [0.4, 0.5) is 0 Å². The summed E-state index contributed by atoms with van der Waals surface area (Å²) < 4.78 is 0. The van der Waals surface area contributed by atoms with Crippen molar-refractivity contribution in [1.29, 1.82) is 0 Å².